The van der Waals surface area contributed by atoms with E-state index in [1.807, 2.05) is 17.1 Å². The van der Waals surface area contributed by atoms with Crippen molar-refractivity contribution < 1.29 is 4.79 Å². The lowest BCUT2D eigenvalue weighted by Crippen LogP contribution is -2.08. The van der Waals surface area contributed by atoms with Crippen LogP contribution >= 0.6 is 23.1 Å². The van der Waals surface area contributed by atoms with E-state index in [9.17, 15) is 4.79 Å². The van der Waals surface area contributed by atoms with Crippen LogP contribution in [-0.2, 0) is 5.75 Å². The van der Waals surface area contributed by atoms with E-state index in [2.05, 4.69) is 4.98 Å². The fourth-order valence-corrected chi connectivity index (χ4v) is 3.98. The molecule has 0 N–H and O–H groups in total. The number of nitrogens with zero attached hydrogens (tertiary/aromatic N) is 1. The molecule has 15 heavy (non-hydrogen) atoms. The Labute approximate surface area is 98.5 Å². The normalized spacial score (nSPS) is 17.9. The molecular formula is C11H15NOS2. The molecule has 1 aromatic rings. The number of hydrogen-bond donors (Lipinski definition) is 0. The van der Waals surface area contributed by atoms with E-state index in [0.717, 1.165) is 22.3 Å². The van der Waals surface area contributed by atoms with Gasteiger partial charge < -0.3 is 0 Å². The third-order valence-electron chi connectivity index (χ3n) is 2.68. The third kappa shape index (κ3) is 3.31. The molecule has 2 rings (SSSR count). The number of hydrogen-bond acceptors (Lipinski definition) is 4. The Bertz CT molecular complexity index is 318. The topological polar surface area (TPSA) is 30.0 Å². The van der Waals surface area contributed by atoms with E-state index >= 15 is 0 Å². The monoisotopic (exact) mass is 241 g/mol. The van der Waals surface area contributed by atoms with Crippen LogP contribution in [-0.4, -0.2) is 16.5 Å². The molecule has 0 atom stereocenters. The van der Waals surface area contributed by atoms with Gasteiger partial charge in [0.25, 0.3) is 0 Å². The molecule has 0 aliphatic heterocycles. The lowest BCUT2D eigenvalue weighted by atomic mass is 10.0. The fourth-order valence-electron chi connectivity index (χ4n) is 1.87. The summed E-state index contributed by atoms with van der Waals surface area (Å²) in [4.78, 5) is 14.7. The van der Waals surface area contributed by atoms with E-state index in [1.54, 1.807) is 11.3 Å². The maximum atomic E-state index is 10.5. The second kappa shape index (κ2) is 5.66. The van der Waals surface area contributed by atoms with E-state index in [-0.39, 0.29) is 0 Å². The molecular weight excluding hydrogens is 226 g/mol. The van der Waals surface area contributed by atoms with E-state index in [4.69, 9.17) is 0 Å². The van der Waals surface area contributed by atoms with Crippen molar-refractivity contribution in [3.05, 3.63) is 16.1 Å². The summed E-state index contributed by atoms with van der Waals surface area (Å²) in [5.74, 6) is 0.975. The average molecular weight is 241 g/mol. The Morgan fingerprint density at radius 1 is 1.47 bits per heavy atom. The van der Waals surface area contributed by atoms with Crippen molar-refractivity contribution in [2.45, 2.75) is 43.1 Å². The van der Waals surface area contributed by atoms with Gasteiger partial charge >= 0.3 is 0 Å². The molecule has 1 aromatic heterocycles. The van der Waals surface area contributed by atoms with Crippen LogP contribution < -0.4 is 0 Å². The number of aldehydes is 1. The van der Waals surface area contributed by atoms with Crippen LogP contribution in [0.5, 0.6) is 0 Å². The molecule has 0 saturated heterocycles. The molecule has 0 aromatic carbocycles. The number of rotatable bonds is 4. The number of thioether (sulfide) groups is 1. The Morgan fingerprint density at radius 3 is 2.93 bits per heavy atom. The number of carbonyl (C=O) groups excluding carboxylic acids is 1. The van der Waals surface area contributed by atoms with Crippen LogP contribution in [0.25, 0.3) is 0 Å². The first-order chi connectivity index (χ1) is 7.38. The first kappa shape index (κ1) is 11.1. The summed E-state index contributed by atoms with van der Waals surface area (Å²) in [5.41, 5.74) is 0.583. The van der Waals surface area contributed by atoms with Crippen LogP contribution in [0, 0.1) is 0 Å². The Kier molecular flexibility index (Phi) is 4.20. The second-order valence-corrected chi connectivity index (χ2v) is 6.09. The van der Waals surface area contributed by atoms with Crippen molar-refractivity contribution in [3.63, 3.8) is 0 Å². The van der Waals surface area contributed by atoms with Gasteiger partial charge in [0.2, 0.25) is 0 Å². The van der Waals surface area contributed by atoms with Crippen molar-refractivity contribution in [2.24, 2.45) is 0 Å². The molecule has 1 saturated carbocycles. The van der Waals surface area contributed by atoms with Gasteiger partial charge in [-0.25, -0.2) is 4.98 Å². The summed E-state index contributed by atoms with van der Waals surface area (Å²) in [6.45, 7) is 0. The molecule has 0 unspecified atom stereocenters. The number of thiazole rings is 1. The van der Waals surface area contributed by atoms with Crippen molar-refractivity contribution in [2.75, 3.05) is 0 Å². The molecule has 2 nitrogen and oxygen atoms in total. The summed E-state index contributed by atoms with van der Waals surface area (Å²) in [6.07, 6.45) is 7.71. The number of aromatic nitrogens is 1. The van der Waals surface area contributed by atoms with Crippen molar-refractivity contribution in [3.8, 4) is 0 Å². The molecule has 82 valence electrons. The van der Waals surface area contributed by atoms with E-state index < -0.39 is 0 Å². The third-order valence-corrected chi connectivity index (χ3v) is 5.12. The van der Waals surface area contributed by atoms with E-state index in [1.165, 1.54) is 32.1 Å². The molecule has 1 aliphatic carbocycles. The van der Waals surface area contributed by atoms with Gasteiger partial charge in [0, 0.05) is 16.4 Å². The molecule has 0 amide bonds. The molecule has 0 bridgehead atoms. The smallest absolute Gasteiger partial charge is 0.169 e. The molecule has 1 fully saturated rings. The lowest BCUT2D eigenvalue weighted by Gasteiger charge is -2.20. The summed E-state index contributed by atoms with van der Waals surface area (Å²) < 4.78 is 0. The second-order valence-electron chi connectivity index (χ2n) is 3.85. The molecule has 1 aliphatic rings. The summed E-state index contributed by atoms with van der Waals surface area (Å²) in [7, 11) is 0. The van der Waals surface area contributed by atoms with Crippen molar-refractivity contribution in [1.82, 2.24) is 4.98 Å². The van der Waals surface area contributed by atoms with Gasteiger partial charge in [-0.3, -0.25) is 4.79 Å². The minimum atomic E-state index is 0.583. The molecule has 4 heteroatoms. The van der Waals surface area contributed by atoms with Crippen LogP contribution in [0.4, 0.5) is 0 Å². The largest absolute Gasteiger partial charge is 0.296 e. The predicted molar refractivity (Wildman–Crippen MR) is 65.7 cm³/mol. The minimum absolute atomic E-state index is 0.583. The molecule has 0 radical (unpaired) electrons. The number of carbonyl (C=O) groups is 1. The minimum Gasteiger partial charge on any atom is -0.296 e. The summed E-state index contributed by atoms with van der Waals surface area (Å²) in [5, 5.41) is 3.75. The van der Waals surface area contributed by atoms with Crippen LogP contribution in [0.3, 0.4) is 0 Å². The summed E-state index contributed by atoms with van der Waals surface area (Å²) >= 11 is 3.61. The standard InChI is InChI=1S/C11H15NOS2/c13-6-9-7-15-11(12-9)8-14-10-4-2-1-3-5-10/h6-7,10H,1-5,8H2. The average Bonchev–Trinajstić information content (AvgIpc) is 2.76. The zero-order valence-corrected chi connectivity index (χ0v) is 10.3. The van der Waals surface area contributed by atoms with Crippen molar-refractivity contribution in [1.29, 1.82) is 0 Å². The first-order valence-electron chi connectivity index (χ1n) is 5.39. The lowest BCUT2D eigenvalue weighted by molar-refractivity contribution is 0.111. The van der Waals surface area contributed by atoms with Gasteiger partial charge in [0.15, 0.2) is 6.29 Å². The van der Waals surface area contributed by atoms with Crippen LogP contribution in [0.1, 0.15) is 47.6 Å². The zero-order chi connectivity index (χ0) is 10.5. The highest BCUT2D eigenvalue weighted by Crippen LogP contribution is 2.30. The Hall–Kier alpha value is -0.350. The highest BCUT2D eigenvalue weighted by Gasteiger charge is 2.14. The van der Waals surface area contributed by atoms with Crippen LogP contribution in [0.15, 0.2) is 5.38 Å². The summed E-state index contributed by atoms with van der Waals surface area (Å²) in [6, 6.07) is 0. The zero-order valence-electron chi connectivity index (χ0n) is 8.65. The Morgan fingerprint density at radius 2 is 2.27 bits per heavy atom. The van der Waals surface area contributed by atoms with Gasteiger partial charge in [0.05, 0.1) is 0 Å². The highest BCUT2D eigenvalue weighted by molar-refractivity contribution is 7.99. The SMILES string of the molecule is O=Cc1csc(CSC2CCCCC2)n1. The van der Waals surface area contributed by atoms with Gasteiger partial charge in [-0.2, -0.15) is 11.8 Å². The first-order valence-corrected chi connectivity index (χ1v) is 7.32. The molecule has 1 heterocycles. The van der Waals surface area contributed by atoms with Crippen molar-refractivity contribution >= 4 is 29.4 Å². The van der Waals surface area contributed by atoms with Gasteiger partial charge in [-0.05, 0) is 12.8 Å². The quantitative estimate of drug-likeness (QED) is 0.755. The van der Waals surface area contributed by atoms with Gasteiger partial charge in [-0.15, -0.1) is 11.3 Å². The maximum absolute atomic E-state index is 10.5. The van der Waals surface area contributed by atoms with E-state index in [0.29, 0.717) is 5.69 Å². The van der Waals surface area contributed by atoms with Crippen LogP contribution in [0.2, 0.25) is 0 Å². The fraction of sp³-hybridized carbons (Fsp3) is 0.636. The Balaban J connectivity index is 1.79. The highest BCUT2D eigenvalue weighted by atomic mass is 32.2. The predicted octanol–water partition coefficient (Wildman–Crippen LogP) is 3.52. The van der Waals surface area contributed by atoms with Gasteiger partial charge in [-0.1, -0.05) is 19.3 Å². The molecule has 0 spiro atoms. The van der Waals surface area contributed by atoms with Gasteiger partial charge in [0.1, 0.15) is 10.7 Å². The maximum Gasteiger partial charge on any atom is 0.169 e.